The third-order valence-corrected chi connectivity index (χ3v) is 4.61. The summed E-state index contributed by atoms with van der Waals surface area (Å²) in [6.07, 6.45) is 5.29. The Morgan fingerprint density at radius 3 is 2.58 bits per heavy atom. The summed E-state index contributed by atoms with van der Waals surface area (Å²) in [4.78, 5) is 18.9. The molecule has 0 aromatic carbocycles. The molecular weight excluding hydrogens is 304 g/mol. The Balaban J connectivity index is 1.93. The molecule has 0 aliphatic carbocycles. The molecule has 0 atom stereocenters. The first-order valence-corrected chi connectivity index (χ1v) is 8.48. The molecule has 6 nitrogen and oxygen atoms in total. The number of carbonyl (C=O) groups excluding carboxylic acids is 1. The number of carbonyl (C=O) groups is 1. The molecule has 0 radical (unpaired) electrons. The summed E-state index contributed by atoms with van der Waals surface area (Å²) in [5.74, 6) is -0.00277. The van der Waals surface area contributed by atoms with E-state index in [2.05, 4.69) is 10.1 Å². The fourth-order valence-corrected chi connectivity index (χ4v) is 3.36. The quantitative estimate of drug-likeness (QED) is 0.866. The molecule has 24 heavy (non-hydrogen) atoms. The highest BCUT2D eigenvalue weighted by Crippen LogP contribution is 2.26. The van der Waals surface area contributed by atoms with E-state index in [1.165, 1.54) is 0 Å². The van der Waals surface area contributed by atoms with Crippen molar-refractivity contribution in [3.05, 3.63) is 41.5 Å². The second-order valence-electron chi connectivity index (χ2n) is 6.09. The summed E-state index contributed by atoms with van der Waals surface area (Å²) in [7, 11) is 0. The lowest BCUT2D eigenvalue weighted by molar-refractivity contribution is 0.0655. The van der Waals surface area contributed by atoms with E-state index in [4.69, 9.17) is 4.74 Å². The highest BCUT2D eigenvalue weighted by atomic mass is 16.5. The molecule has 0 unspecified atom stereocenters. The number of ether oxygens (including phenoxy) is 1. The first-order chi connectivity index (χ1) is 11.6. The Hall–Kier alpha value is -2.21. The van der Waals surface area contributed by atoms with Crippen LogP contribution in [0.1, 0.15) is 47.6 Å². The number of anilines is 1. The second kappa shape index (κ2) is 7.13. The van der Waals surface area contributed by atoms with Crippen LogP contribution in [-0.4, -0.2) is 40.4 Å². The number of hydrogen-bond acceptors (Lipinski definition) is 4. The number of pyridine rings is 1. The fraction of sp³-hybridized carbons (Fsp3) is 0.500. The Labute approximate surface area is 142 Å². The topological polar surface area (TPSA) is 60.2 Å². The van der Waals surface area contributed by atoms with E-state index in [-0.39, 0.29) is 5.91 Å². The number of aromatic nitrogens is 3. The van der Waals surface area contributed by atoms with Crippen molar-refractivity contribution in [1.82, 2.24) is 14.8 Å². The number of aryl methyl sites for hydroxylation is 1. The number of rotatable bonds is 4. The molecule has 6 heteroatoms. The van der Waals surface area contributed by atoms with E-state index >= 15 is 0 Å². The van der Waals surface area contributed by atoms with E-state index in [9.17, 15) is 4.79 Å². The van der Waals surface area contributed by atoms with E-state index in [1.54, 1.807) is 17.3 Å². The summed E-state index contributed by atoms with van der Waals surface area (Å²) in [6.45, 7) is 7.99. The minimum atomic E-state index is -0.00277. The van der Waals surface area contributed by atoms with Gasteiger partial charge in [0.2, 0.25) is 0 Å². The predicted octanol–water partition coefficient (Wildman–Crippen LogP) is 2.91. The highest BCUT2D eigenvalue weighted by molar-refractivity contribution is 6.07. The van der Waals surface area contributed by atoms with Gasteiger partial charge in [-0.05, 0) is 45.7 Å². The molecule has 128 valence electrons. The van der Waals surface area contributed by atoms with Crippen LogP contribution in [-0.2, 0) is 4.74 Å². The van der Waals surface area contributed by atoms with Gasteiger partial charge in [0.15, 0.2) is 0 Å². The Morgan fingerprint density at radius 1 is 1.29 bits per heavy atom. The standard InChI is InChI=1S/C18H24N4O2/c1-4-21(15-5-9-19-10-6-15)18(23)17-13(2)20-22(14(17)3)16-7-11-24-12-8-16/h5-6,9-10,16H,4,7-8,11-12H2,1-3H3. The van der Waals surface area contributed by atoms with Crippen LogP contribution in [0.4, 0.5) is 5.69 Å². The zero-order valence-corrected chi connectivity index (χ0v) is 14.5. The Kier molecular flexibility index (Phi) is 4.94. The minimum absolute atomic E-state index is 0.00277. The molecule has 2 aromatic rings. The minimum Gasteiger partial charge on any atom is -0.381 e. The summed E-state index contributed by atoms with van der Waals surface area (Å²) in [5.41, 5.74) is 3.30. The zero-order chi connectivity index (χ0) is 17.1. The lowest BCUT2D eigenvalue weighted by Gasteiger charge is -2.24. The summed E-state index contributed by atoms with van der Waals surface area (Å²) < 4.78 is 7.46. The summed E-state index contributed by atoms with van der Waals surface area (Å²) in [5, 5.41) is 4.67. The monoisotopic (exact) mass is 328 g/mol. The molecule has 3 rings (SSSR count). The average molecular weight is 328 g/mol. The van der Waals surface area contributed by atoms with Crippen LogP contribution >= 0.6 is 0 Å². The normalized spacial score (nSPS) is 15.5. The maximum atomic E-state index is 13.1. The van der Waals surface area contributed by atoms with Gasteiger partial charge in [-0.2, -0.15) is 5.10 Å². The Bertz CT molecular complexity index is 705. The van der Waals surface area contributed by atoms with Crippen molar-refractivity contribution in [1.29, 1.82) is 0 Å². The third-order valence-electron chi connectivity index (χ3n) is 4.61. The molecule has 0 N–H and O–H groups in total. The number of nitrogens with zero attached hydrogens (tertiary/aromatic N) is 4. The van der Waals surface area contributed by atoms with Crippen LogP contribution in [0, 0.1) is 13.8 Å². The van der Waals surface area contributed by atoms with E-state index in [0.29, 0.717) is 18.2 Å². The van der Waals surface area contributed by atoms with Gasteiger partial charge in [-0.1, -0.05) is 0 Å². The van der Waals surface area contributed by atoms with Crippen molar-refractivity contribution < 1.29 is 9.53 Å². The van der Waals surface area contributed by atoms with Crippen molar-refractivity contribution in [3.63, 3.8) is 0 Å². The zero-order valence-electron chi connectivity index (χ0n) is 14.5. The largest absolute Gasteiger partial charge is 0.381 e. The van der Waals surface area contributed by atoms with E-state index < -0.39 is 0 Å². The molecule has 1 aliphatic heterocycles. The molecule has 0 spiro atoms. The van der Waals surface area contributed by atoms with Gasteiger partial charge in [0.05, 0.1) is 17.3 Å². The average Bonchev–Trinajstić information content (AvgIpc) is 2.91. The van der Waals surface area contributed by atoms with Crippen molar-refractivity contribution in [2.24, 2.45) is 0 Å². The van der Waals surface area contributed by atoms with Crippen LogP contribution in [0.25, 0.3) is 0 Å². The molecule has 0 bridgehead atoms. The lowest BCUT2D eigenvalue weighted by Crippen LogP contribution is -2.31. The maximum Gasteiger partial charge on any atom is 0.262 e. The molecule has 3 heterocycles. The Morgan fingerprint density at radius 2 is 1.96 bits per heavy atom. The predicted molar refractivity (Wildman–Crippen MR) is 92.4 cm³/mol. The fourth-order valence-electron chi connectivity index (χ4n) is 3.36. The second-order valence-corrected chi connectivity index (χ2v) is 6.09. The van der Waals surface area contributed by atoms with E-state index in [1.807, 2.05) is 37.6 Å². The maximum absolute atomic E-state index is 13.1. The third kappa shape index (κ3) is 3.06. The van der Waals surface area contributed by atoms with Gasteiger partial charge < -0.3 is 9.64 Å². The number of hydrogen-bond donors (Lipinski definition) is 0. The molecule has 2 aromatic heterocycles. The number of amides is 1. The lowest BCUT2D eigenvalue weighted by atomic mass is 10.1. The summed E-state index contributed by atoms with van der Waals surface area (Å²) >= 11 is 0. The first kappa shape index (κ1) is 16.6. The van der Waals surface area contributed by atoms with Gasteiger partial charge in [0, 0.05) is 43.5 Å². The summed E-state index contributed by atoms with van der Waals surface area (Å²) in [6, 6.07) is 4.03. The van der Waals surface area contributed by atoms with Gasteiger partial charge in [-0.25, -0.2) is 0 Å². The van der Waals surface area contributed by atoms with Crippen LogP contribution in [0.3, 0.4) is 0 Å². The molecular formula is C18H24N4O2. The van der Waals surface area contributed by atoms with Crippen LogP contribution in [0.15, 0.2) is 24.5 Å². The van der Waals surface area contributed by atoms with Crippen molar-refractivity contribution in [2.75, 3.05) is 24.7 Å². The van der Waals surface area contributed by atoms with Crippen molar-refractivity contribution in [2.45, 2.75) is 39.7 Å². The van der Waals surface area contributed by atoms with Crippen LogP contribution in [0.2, 0.25) is 0 Å². The van der Waals surface area contributed by atoms with Crippen molar-refractivity contribution >= 4 is 11.6 Å². The van der Waals surface area contributed by atoms with E-state index in [0.717, 1.165) is 43.1 Å². The van der Waals surface area contributed by atoms with Gasteiger partial charge in [-0.15, -0.1) is 0 Å². The smallest absolute Gasteiger partial charge is 0.262 e. The van der Waals surface area contributed by atoms with Gasteiger partial charge in [-0.3, -0.25) is 14.5 Å². The molecule has 0 saturated carbocycles. The highest BCUT2D eigenvalue weighted by Gasteiger charge is 2.27. The van der Waals surface area contributed by atoms with Crippen LogP contribution < -0.4 is 4.90 Å². The SMILES string of the molecule is CCN(C(=O)c1c(C)nn(C2CCOCC2)c1C)c1ccncc1. The first-order valence-electron chi connectivity index (χ1n) is 8.48. The molecule has 1 aliphatic rings. The van der Waals surface area contributed by atoms with Crippen LogP contribution in [0.5, 0.6) is 0 Å². The van der Waals surface area contributed by atoms with Gasteiger partial charge in [0.1, 0.15) is 0 Å². The molecule has 1 amide bonds. The molecule has 1 fully saturated rings. The van der Waals surface area contributed by atoms with Crippen molar-refractivity contribution in [3.8, 4) is 0 Å². The van der Waals surface area contributed by atoms with Gasteiger partial charge >= 0.3 is 0 Å². The molecule has 1 saturated heterocycles. The van der Waals surface area contributed by atoms with Gasteiger partial charge in [0.25, 0.3) is 5.91 Å².